The Morgan fingerprint density at radius 3 is 2.46 bits per heavy atom. The minimum atomic E-state index is -3.71. The van der Waals surface area contributed by atoms with Gasteiger partial charge >= 0.3 is 0 Å². The number of hydrogen-bond acceptors (Lipinski definition) is 3. The highest BCUT2D eigenvalue weighted by molar-refractivity contribution is 7.90. The number of nitrogens with zero attached hydrogens (tertiary/aromatic N) is 2. The molecule has 0 radical (unpaired) electrons. The molecule has 1 heterocycles. The van der Waals surface area contributed by atoms with Crippen LogP contribution in [0.5, 0.6) is 0 Å². The fourth-order valence-corrected chi connectivity index (χ4v) is 4.94. The Bertz CT molecular complexity index is 1030. The molecule has 3 rings (SSSR count). The van der Waals surface area contributed by atoms with Crippen LogP contribution in [0.15, 0.2) is 57.8 Å². The largest absolute Gasteiger partial charge is 0.316 e. The second kappa shape index (κ2) is 6.53. The first-order valence-corrected chi connectivity index (χ1v) is 10.2. The Hall–Kier alpha value is -1.92. The third-order valence-corrected chi connectivity index (χ3v) is 6.37. The maximum Gasteiger partial charge on any atom is 0.285 e. The van der Waals surface area contributed by atoms with Crippen molar-refractivity contribution in [3.05, 3.63) is 58.9 Å². The van der Waals surface area contributed by atoms with Crippen LogP contribution in [-0.4, -0.2) is 13.0 Å². The molecule has 0 aliphatic heterocycles. The van der Waals surface area contributed by atoms with E-state index in [-0.39, 0.29) is 4.90 Å². The van der Waals surface area contributed by atoms with E-state index in [1.54, 1.807) is 30.3 Å². The van der Waals surface area contributed by atoms with Gasteiger partial charge in [-0.2, -0.15) is 8.42 Å². The third-order valence-electron chi connectivity index (χ3n) is 3.93. The summed E-state index contributed by atoms with van der Waals surface area (Å²) in [5.74, 6) is 0.431. The molecule has 6 heteroatoms. The lowest BCUT2D eigenvalue weighted by Gasteiger charge is -2.05. The minimum Gasteiger partial charge on any atom is -0.316 e. The van der Waals surface area contributed by atoms with Crippen LogP contribution in [0.2, 0.25) is 0 Å². The van der Waals surface area contributed by atoms with Gasteiger partial charge in [0.2, 0.25) is 4.80 Å². The fraction of sp³-hybridized carbons (Fsp3) is 0.278. The van der Waals surface area contributed by atoms with Gasteiger partial charge in [0, 0.05) is 6.54 Å². The summed E-state index contributed by atoms with van der Waals surface area (Å²) in [6.07, 6.45) is 0. The second-order valence-corrected chi connectivity index (χ2v) is 8.50. The lowest BCUT2D eigenvalue weighted by molar-refractivity contribution is 0.595. The Morgan fingerprint density at radius 2 is 1.83 bits per heavy atom. The van der Waals surface area contributed by atoms with Gasteiger partial charge in [0.15, 0.2) is 0 Å². The SMILES string of the molecule is CCn1c(=NS(=O)(=O)c2ccccc2)sc2cc(C(C)C)ccc21. The summed E-state index contributed by atoms with van der Waals surface area (Å²) >= 11 is 1.42. The smallest absolute Gasteiger partial charge is 0.285 e. The first kappa shape index (κ1) is 16.9. The van der Waals surface area contributed by atoms with Crippen LogP contribution < -0.4 is 4.80 Å². The standard InChI is InChI=1S/C18H20N2O2S2/c1-4-20-16-11-10-14(13(2)3)12-17(16)23-18(20)19-24(21,22)15-8-6-5-7-9-15/h5-13H,4H2,1-3H3. The highest BCUT2D eigenvalue weighted by Crippen LogP contribution is 2.24. The molecule has 4 nitrogen and oxygen atoms in total. The van der Waals surface area contributed by atoms with Crippen LogP contribution in [0.1, 0.15) is 32.3 Å². The van der Waals surface area contributed by atoms with Gasteiger partial charge in [0.05, 0.1) is 15.1 Å². The Labute approximate surface area is 146 Å². The highest BCUT2D eigenvalue weighted by atomic mass is 32.2. The summed E-state index contributed by atoms with van der Waals surface area (Å²) in [5.41, 5.74) is 2.26. The average Bonchev–Trinajstić information content (AvgIpc) is 2.90. The van der Waals surface area contributed by atoms with Crippen LogP contribution >= 0.6 is 11.3 Å². The van der Waals surface area contributed by atoms with E-state index in [0.717, 1.165) is 10.2 Å². The van der Waals surface area contributed by atoms with Crippen molar-refractivity contribution in [3.63, 3.8) is 0 Å². The highest BCUT2D eigenvalue weighted by Gasteiger charge is 2.14. The summed E-state index contributed by atoms with van der Waals surface area (Å²) in [4.78, 5) is 0.727. The van der Waals surface area contributed by atoms with Crippen molar-refractivity contribution in [3.8, 4) is 0 Å². The lowest BCUT2D eigenvalue weighted by Crippen LogP contribution is -2.16. The molecule has 24 heavy (non-hydrogen) atoms. The molecule has 126 valence electrons. The monoisotopic (exact) mass is 360 g/mol. The Morgan fingerprint density at radius 1 is 1.12 bits per heavy atom. The number of benzene rings is 2. The summed E-state index contributed by atoms with van der Waals surface area (Å²) in [6, 6.07) is 14.6. The summed E-state index contributed by atoms with van der Waals surface area (Å²) in [7, 11) is -3.71. The van der Waals surface area contributed by atoms with Crippen LogP contribution in [0.4, 0.5) is 0 Å². The fourth-order valence-electron chi connectivity index (χ4n) is 2.57. The molecule has 0 amide bonds. The molecule has 0 spiro atoms. The number of aromatic nitrogens is 1. The first-order valence-electron chi connectivity index (χ1n) is 7.91. The van der Waals surface area contributed by atoms with Gasteiger partial charge in [-0.15, -0.1) is 4.40 Å². The molecule has 0 aliphatic carbocycles. The average molecular weight is 361 g/mol. The first-order chi connectivity index (χ1) is 11.4. The number of rotatable bonds is 4. The van der Waals surface area contributed by atoms with Crippen LogP contribution in [0, 0.1) is 0 Å². The van der Waals surface area contributed by atoms with Crippen molar-refractivity contribution in [1.82, 2.24) is 4.57 Å². The molecule has 0 saturated heterocycles. The molecule has 0 unspecified atom stereocenters. The van der Waals surface area contributed by atoms with Crippen LogP contribution in [0.25, 0.3) is 10.2 Å². The van der Waals surface area contributed by atoms with Gasteiger partial charge in [0.1, 0.15) is 0 Å². The molecule has 0 bridgehead atoms. The van der Waals surface area contributed by atoms with Crippen molar-refractivity contribution in [2.24, 2.45) is 4.40 Å². The van der Waals surface area contributed by atoms with Crippen molar-refractivity contribution in [1.29, 1.82) is 0 Å². The number of aryl methyl sites for hydroxylation is 1. The van der Waals surface area contributed by atoms with E-state index in [1.807, 2.05) is 11.5 Å². The zero-order valence-electron chi connectivity index (χ0n) is 13.9. The molecule has 2 aromatic carbocycles. The van der Waals surface area contributed by atoms with Gasteiger partial charge in [-0.05, 0) is 42.7 Å². The van der Waals surface area contributed by atoms with E-state index in [4.69, 9.17) is 0 Å². The minimum absolute atomic E-state index is 0.216. The van der Waals surface area contributed by atoms with E-state index >= 15 is 0 Å². The van der Waals surface area contributed by atoms with E-state index in [0.29, 0.717) is 17.3 Å². The normalized spacial score (nSPS) is 13.1. The van der Waals surface area contributed by atoms with E-state index in [1.165, 1.54) is 16.9 Å². The van der Waals surface area contributed by atoms with Gasteiger partial charge in [0.25, 0.3) is 10.0 Å². The lowest BCUT2D eigenvalue weighted by atomic mass is 10.0. The van der Waals surface area contributed by atoms with Crippen molar-refractivity contribution < 1.29 is 8.42 Å². The third kappa shape index (κ3) is 3.16. The molecular weight excluding hydrogens is 340 g/mol. The van der Waals surface area contributed by atoms with E-state index < -0.39 is 10.0 Å². The van der Waals surface area contributed by atoms with Gasteiger partial charge in [-0.1, -0.05) is 49.4 Å². The van der Waals surface area contributed by atoms with Gasteiger partial charge in [-0.25, -0.2) is 0 Å². The molecule has 0 N–H and O–H groups in total. The van der Waals surface area contributed by atoms with E-state index in [9.17, 15) is 8.42 Å². The number of sulfonamides is 1. The molecule has 0 atom stereocenters. The zero-order valence-corrected chi connectivity index (χ0v) is 15.6. The zero-order chi connectivity index (χ0) is 17.3. The molecular formula is C18H20N2O2S2. The predicted molar refractivity (Wildman–Crippen MR) is 98.8 cm³/mol. The Kier molecular flexibility index (Phi) is 4.60. The quantitative estimate of drug-likeness (QED) is 0.702. The molecule has 0 saturated carbocycles. The van der Waals surface area contributed by atoms with Crippen molar-refractivity contribution >= 4 is 31.6 Å². The summed E-state index contributed by atoms with van der Waals surface area (Å²) in [6.45, 7) is 6.96. The molecule has 3 aromatic rings. The topological polar surface area (TPSA) is 51.4 Å². The number of fused-ring (bicyclic) bond motifs is 1. The second-order valence-electron chi connectivity index (χ2n) is 5.89. The molecule has 0 fully saturated rings. The molecule has 0 aliphatic rings. The van der Waals surface area contributed by atoms with Crippen LogP contribution in [0.3, 0.4) is 0 Å². The van der Waals surface area contributed by atoms with Crippen LogP contribution in [-0.2, 0) is 16.6 Å². The molecule has 1 aromatic heterocycles. The predicted octanol–water partition coefficient (Wildman–Crippen LogP) is 4.14. The van der Waals surface area contributed by atoms with Gasteiger partial charge in [-0.3, -0.25) is 0 Å². The Balaban J connectivity index is 2.22. The number of thiazole rings is 1. The van der Waals surface area contributed by atoms with Crippen molar-refractivity contribution in [2.75, 3.05) is 0 Å². The van der Waals surface area contributed by atoms with E-state index in [2.05, 4.69) is 36.4 Å². The number of hydrogen-bond donors (Lipinski definition) is 0. The summed E-state index contributed by atoms with van der Waals surface area (Å²) in [5, 5.41) is 0. The van der Waals surface area contributed by atoms with Crippen molar-refractivity contribution in [2.45, 2.75) is 38.1 Å². The maximum absolute atomic E-state index is 12.5. The van der Waals surface area contributed by atoms with Gasteiger partial charge < -0.3 is 4.57 Å². The summed E-state index contributed by atoms with van der Waals surface area (Å²) < 4.78 is 32.2. The maximum atomic E-state index is 12.5.